The Morgan fingerprint density at radius 3 is 2.47 bits per heavy atom. The van der Waals surface area contributed by atoms with E-state index in [-0.39, 0.29) is 18.4 Å². The van der Waals surface area contributed by atoms with Crippen molar-refractivity contribution < 1.29 is 9.90 Å². The van der Waals surface area contributed by atoms with Gasteiger partial charge in [-0.05, 0) is 49.9 Å². The van der Waals surface area contributed by atoms with Crippen molar-refractivity contribution in [1.82, 2.24) is 0 Å². The zero-order valence-electron chi connectivity index (χ0n) is 11.0. The molecule has 1 amide bonds. The zero-order valence-corrected chi connectivity index (χ0v) is 11.0. The van der Waals surface area contributed by atoms with E-state index in [2.05, 4.69) is 12.2 Å². The highest BCUT2D eigenvalue weighted by Crippen LogP contribution is 2.22. The fourth-order valence-corrected chi connectivity index (χ4v) is 1.72. The Labute approximate surface area is 103 Å². The summed E-state index contributed by atoms with van der Waals surface area (Å²) in [5, 5.41) is 12.0. The quantitative estimate of drug-likeness (QED) is 0.842. The largest absolute Gasteiger partial charge is 0.396 e. The van der Waals surface area contributed by atoms with Crippen molar-refractivity contribution in [1.29, 1.82) is 0 Å². The van der Waals surface area contributed by atoms with Crippen LogP contribution in [0.4, 0.5) is 5.69 Å². The highest BCUT2D eigenvalue weighted by molar-refractivity contribution is 5.93. The lowest BCUT2D eigenvalue weighted by Gasteiger charge is -2.16. The van der Waals surface area contributed by atoms with E-state index in [1.165, 1.54) is 11.1 Å². The van der Waals surface area contributed by atoms with Crippen molar-refractivity contribution in [3.8, 4) is 0 Å². The third-order valence-corrected chi connectivity index (χ3v) is 3.40. The van der Waals surface area contributed by atoms with Crippen molar-refractivity contribution in [2.24, 2.45) is 5.92 Å². The number of rotatable bonds is 4. The van der Waals surface area contributed by atoms with Gasteiger partial charge in [0, 0.05) is 5.69 Å². The Hall–Kier alpha value is -1.35. The fourth-order valence-electron chi connectivity index (χ4n) is 1.72. The number of nitrogens with one attached hydrogen (secondary N) is 1. The van der Waals surface area contributed by atoms with Crippen LogP contribution in [-0.4, -0.2) is 17.6 Å². The van der Waals surface area contributed by atoms with E-state index < -0.39 is 0 Å². The van der Waals surface area contributed by atoms with Gasteiger partial charge in [-0.1, -0.05) is 13.0 Å². The maximum Gasteiger partial charge on any atom is 0.229 e. The molecule has 0 bridgehead atoms. The van der Waals surface area contributed by atoms with Gasteiger partial charge in [0.25, 0.3) is 0 Å². The first-order valence-corrected chi connectivity index (χ1v) is 5.99. The molecular weight excluding hydrogens is 214 g/mol. The minimum absolute atomic E-state index is 0.105. The number of hydrogen-bond donors (Lipinski definition) is 2. The number of aliphatic hydroxyl groups is 1. The monoisotopic (exact) mass is 235 g/mol. The van der Waals surface area contributed by atoms with E-state index in [1.54, 1.807) is 0 Å². The zero-order chi connectivity index (χ0) is 13.0. The van der Waals surface area contributed by atoms with Crippen LogP contribution in [0, 0.1) is 26.7 Å². The maximum absolute atomic E-state index is 11.9. The number of amides is 1. The van der Waals surface area contributed by atoms with E-state index in [4.69, 9.17) is 5.11 Å². The fraction of sp³-hybridized carbons (Fsp3) is 0.500. The topological polar surface area (TPSA) is 49.3 Å². The summed E-state index contributed by atoms with van der Waals surface area (Å²) in [6.07, 6.45) is 0.645. The molecule has 0 aromatic heterocycles. The first kappa shape index (κ1) is 13.7. The van der Waals surface area contributed by atoms with Crippen LogP contribution in [-0.2, 0) is 4.79 Å². The van der Waals surface area contributed by atoms with Crippen LogP contribution >= 0.6 is 0 Å². The van der Waals surface area contributed by atoms with Gasteiger partial charge in [-0.25, -0.2) is 0 Å². The molecule has 0 aliphatic heterocycles. The second-order valence-electron chi connectivity index (χ2n) is 4.46. The minimum atomic E-state index is -0.323. The van der Waals surface area contributed by atoms with E-state index >= 15 is 0 Å². The van der Waals surface area contributed by atoms with Gasteiger partial charge in [0.2, 0.25) is 5.91 Å². The van der Waals surface area contributed by atoms with Gasteiger partial charge in [-0.15, -0.1) is 0 Å². The highest BCUT2D eigenvalue weighted by atomic mass is 16.3. The van der Waals surface area contributed by atoms with Gasteiger partial charge in [-0.3, -0.25) is 4.79 Å². The molecule has 0 saturated carbocycles. The predicted molar refractivity (Wildman–Crippen MR) is 70.1 cm³/mol. The minimum Gasteiger partial charge on any atom is -0.396 e. The van der Waals surface area contributed by atoms with Crippen molar-refractivity contribution in [2.75, 3.05) is 11.9 Å². The highest BCUT2D eigenvalue weighted by Gasteiger charge is 2.16. The molecule has 0 radical (unpaired) electrons. The van der Waals surface area contributed by atoms with Crippen LogP contribution in [0.25, 0.3) is 0 Å². The summed E-state index contributed by atoms with van der Waals surface area (Å²) in [7, 11) is 0. The molecule has 0 fully saturated rings. The summed E-state index contributed by atoms with van der Waals surface area (Å²) in [6.45, 7) is 7.89. The Kier molecular flexibility index (Phi) is 4.70. The number of aliphatic hydroxyl groups excluding tert-OH is 1. The van der Waals surface area contributed by atoms with Gasteiger partial charge in [0.05, 0.1) is 12.5 Å². The number of carbonyl (C=O) groups excluding carboxylic acids is 1. The van der Waals surface area contributed by atoms with Gasteiger partial charge in [0.1, 0.15) is 0 Å². The molecule has 2 N–H and O–H groups in total. The van der Waals surface area contributed by atoms with Gasteiger partial charge < -0.3 is 10.4 Å². The molecule has 94 valence electrons. The average Bonchev–Trinajstić information content (AvgIpc) is 2.31. The normalized spacial score (nSPS) is 12.3. The Morgan fingerprint density at radius 1 is 1.29 bits per heavy atom. The lowest BCUT2D eigenvalue weighted by atomic mass is 10.0. The molecule has 17 heavy (non-hydrogen) atoms. The molecule has 3 nitrogen and oxygen atoms in total. The molecule has 0 spiro atoms. The van der Waals surface area contributed by atoms with Gasteiger partial charge in [0.15, 0.2) is 0 Å². The van der Waals surface area contributed by atoms with E-state index in [9.17, 15) is 4.79 Å². The average molecular weight is 235 g/mol. The number of hydrogen-bond acceptors (Lipinski definition) is 2. The summed E-state index contributed by atoms with van der Waals surface area (Å²) >= 11 is 0. The number of carbonyl (C=O) groups is 1. The molecule has 1 aromatic rings. The second-order valence-corrected chi connectivity index (χ2v) is 4.46. The molecule has 1 unspecified atom stereocenters. The molecule has 3 heteroatoms. The number of anilines is 1. The SMILES string of the molecule is CCC(CO)C(=O)Nc1ccc(C)c(C)c1C. The van der Waals surface area contributed by atoms with Crippen LogP contribution in [0.15, 0.2) is 12.1 Å². The summed E-state index contributed by atoms with van der Waals surface area (Å²) in [4.78, 5) is 11.9. The first-order chi connectivity index (χ1) is 8.01. The molecule has 0 saturated heterocycles. The van der Waals surface area contributed by atoms with Gasteiger partial charge in [-0.2, -0.15) is 0 Å². The number of benzene rings is 1. The first-order valence-electron chi connectivity index (χ1n) is 5.99. The summed E-state index contributed by atoms with van der Waals surface area (Å²) < 4.78 is 0. The third kappa shape index (κ3) is 3.07. The maximum atomic E-state index is 11.9. The third-order valence-electron chi connectivity index (χ3n) is 3.40. The van der Waals surface area contributed by atoms with Crippen molar-refractivity contribution in [2.45, 2.75) is 34.1 Å². The summed E-state index contributed by atoms with van der Waals surface area (Å²) in [5.41, 5.74) is 4.34. The van der Waals surface area contributed by atoms with Crippen molar-refractivity contribution >= 4 is 11.6 Å². The standard InChI is InChI=1S/C14H21NO2/c1-5-12(8-16)14(17)15-13-7-6-9(2)10(3)11(13)4/h6-7,12,16H,5,8H2,1-4H3,(H,15,17). The second kappa shape index (κ2) is 5.82. The van der Waals surface area contributed by atoms with Crippen LogP contribution in [0.5, 0.6) is 0 Å². The lowest BCUT2D eigenvalue weighted by molar-refractivity contribution is -0.121. The van der Waals surface area contributed by atoms with E-state index in [0.29, 0.717) is 6.42 Å². The smallest absolute Gasteiger partial charge is 0.229 e. The number of aryl methyl sites for hydroxylation is 1. The molecule has 0 aliphatic carbocycles. The predicted octanol–water partition coefficient (Wildman–Crippen LogP) is 2.57. The van der Waals surface area contributed by atoms with E-state index in [0.717, 1.165) is 11.3 Å². The summed E-state index contributed by atoms with van der Waals surface area (Å²) in [6, 6.07) is 3.91. The Balaban J connectivity index is 2.89. The molecular formula is C14H21NO2. The van der Waals surface area contributed by atoms with Crippen molar-refractivity contribution in [3.63, 3.8) is 0 Å². The molecule has 0 aliphatic rings. The van der Waals surface area contributed by atoms with Crippen LogP contribution < -0.4 is 5.32 Å². The Bertz CT molecular complexity index is 409. The van der Waals surface area contributed by atoms with E-state index in [1.807, 2.05) is 32.9 Å². The molecule has 1 atom stereocenters. The van der Waals surface area contributed by atoms with Crippen molar-refractivity contribution in [3.05, 3.63) is 28.8 Å². The van der Waals surface area contributed by atoms with Crippen LogP contribution in [0.2, 0.25) is 0 Å². The molecule has 1 aromatic carbocycles. The van der Waals surface area contributed by atoms with Crippen LogP contribution in [0.1, 0.15) is 30.0 Å². The lowest BCUT2D eigenvalue weighted by Crippen LogP contribution is -2.25. The molecule has 1 rings (SSSR count). The summed E-state index contributed by atoms with van der Waals surface area (Å²) in [5.74, 6) is -0.433. The van der Waals surface area contributed by atoms with Crippen LogP contribution in [0.3, 0.4) is 0 Å². The van der Waals surface area contributed by atoms with Gasteiger partial charge >= 0.3 is 0 Å². The molecule has 0 heterocycles. The Morgan fingerprint density at radius 2 is 1.94 bits per heavy atom.